The molecular weight excluding hydrogens is 568 g/mol. The van der Waals surface area contributed by atoms with Gasteiger partial charge in [-0.05, 0) is 74.3 Å². The van der Waals surface area contributed by atoms with Crippen LogP contribution in [0.1, 0.15) is 31.9 Å². The molecule has 3 fully saturated rings. The molecule has 9 nitrogen and oxygen atoms in total. The van der Waals surface area contributed by atoms with Crippen LogP contribution in [-0.2, 0) is 9.47 Å². The van der Waals surface area contributed by atoms with Gasteiger partial charge < -0.3 is 29.1 Å². The topological polar surface area (TPSA) is 93.1 Å². The van der Waals surface area contributed by atoms with Crippen molar-refractivity contribution in [2.24, 2.45) is 0 Å². The number of rotatable bonds is 5. The Kier molecular flexibility index (Phi) is 7.44. The van der Waals surface area contributed by atoms with Crippen LogP contribution in [0.25, 0.3) is 32.9 Å². The van der Waals surface area contributed by atoms with Crippen molar-refractivity contribution in [1.29, 1.82) is 0 Å². The zero-order valence-electron chi connectivity index (χ0n) is 24.7. The van der Waals surface area contributed by atoms with Gasteiger partial charge in [0.15, 0.2) is 5.82 Å². The molecular formula is C33H33F2N5O4. The number of pyridine rings is 1. The van der Waals surface area contributed by atoms with Crippen molar-refractivity contribution in [3.8, 4) is 34.9 Å². The molecule has 0 saturated carbocycles. The van der Waals surface area contributed by atoms with E-state index in [0.717, 1.165) is 25.8 Å². The first-order valence-electron chi connectivity index (χ1n) is 14.9. The second-order valence-electron chi connectivity index (χ2n) is 11.8. The number of hydrogen-bond donors (Lipinski definition) is 1. The lowest BCUT2D eigenvalue weighted by atomic mass is 9.95. The molecule has 2 atom stereocenters. The zero-order chi connectivity index (χ0) is 30.4. The van der Waals surface area contributed by atoms with Crippen LogP contribution in [0.4, 0.5) is 14.6 Å². The molecule has 1 N–H and O–H groups in total. The van der Waals surface area contributed by atoms with Gasteiger partial charge in [-0.3, -0.25) is 0 Å². The van der Waals surface area contributed by atoms with E-state index < -0.39 is 17.2 Å². The van der Waals surface area contributed by atoms with Crippen molar-refractivity contribution >= 4 is 27.5 Å². The summed E-state index contributed by atoms with van der Waals surface area (Å²) >= 11 is 0. The first-order valence-corrected chi connectivity index (χ1v) is 14.9. The molecule has 0 radical (unpaired) electrons. The molecule has 3 saturated heterocycles. The number of phenolic OH excluding ortho intramolecular Hbond substituents is 1. The summed E-state index contributed by atoms with van der Waals surface area (Å²) in [6.45, 7) is 5.53. The maximum atomic E-state index is 16.9. The van der Waals surface area contributed by atoms with Crippen LogP contribution in [-0.4, -0.2) is 89.7 Å². The number of likely N-dealkylation sites (tertiary alicyclic amines) is 1. The first-order chi connectivity index (χ1) is 21.3. The summed E-state index contributed by atoms with van der Waals surface area (Å²) < 4.78 is 49.3. The Morgan fingerprint density at radius 3 is 2.75 bits per heavy atom. The Balaban J connectivity index is 1.45. The maximum Gasteiger partial charge on any atom is 0.319 e. The third-order valence-corrected chi connectivity index (χ3v) is 8.84. The zero-order valence-corrected chi connectivity index (χ0v) is 24.7. The van der Waals surface area contributed by atoms with Gasteiger partial charge in [0.1, 0.15) is 46.5 Å². The predicted molar refractivity (Wildman–Crippen MR) is 162 cm³/mol. The number of likely N-dealkylation sites (N-methyl/N-ethyl adjacent to an activating group) is 1. The normalized spacial score (nSPS) is 22.2. The average Bonchev–Trinajstić information content (AvgIpc) is 3.26. The molecule has 2 aromatic carbocycles. The first kappa shape index (κ1) is 28.6. The quantitative estimate of drug-likeness (QED) is 0.328. The lowest BCUT2D eigenvalue weighted by Gasteiger charge is -2.42. The van der Waals surface area contributed by atoms with E-state index in [0.29, 0.717) is 61.5 Å². The van der Waals surface area contributed by atoms with E-state index in [1.54, 1.807) is 6.92 Å². The summed E-state index contributed by atoms with van der Waals surface area (Å²) in [6.07, 6.45) is 2.90. The molecule has 1 unspecified atom stereocenters. The molecule has 3 aliphatic heterocycles. The molecule has 0 aliphatic carbocycles. The summed E-state index contributed by atoms with van der Waals surface area (Å²) in [5, 5.41) is 11.8. The molecule has 5 heterocycles. The van der Waals surface area contributed by atoms with Gasteiger partial charge in [0.05, 0.1) is 31.8 Å². The monoisotopic (exact) mass is 601 g/mol. The Morgan fingerprint density at radius 2 is 2.00 bits per heavy atom. The summed E-state index contributed by atoms with van der Waals surface area (Å²) in [7, 11) is 2.05. The van der Waals surface area contributed by atoms with E-state index in [9.17, 15) is 9.50 Å². The van der Waals surface area contributed by atoms with E-state index in [4.69, 9.17) is 19.2 Å². The van der Waals surface area contributed by atoms with E-state index >= 15 is 4.39 Å². The summed E-state index contributed by atoms with van der Waals surface area (Å²) in [4.78, 5) is 18.4. The number of anilines is 1. The molecule has 7 rings (SSSR count). The number of phenols is 1. The minimum atomic E-state index is -0.745. The standard InChI is InChI=1S/C33H33F2N5O4/c1-3-5-26-27-30(28(35)29(36-26)25-16-23(41)14-20-7-8-21(34)15-24(20)25)37-32(43-17-22-6-4-10-39(22)2)38-31(27)40-11-13-42-19-33(18-40)9-12-44-33/h7-8,14-16,22,41H,4,6,9-13,17-19H2,1-2H3/t22-,33?/m0/s1. The molecule has 228 valence electrons. The van der Waals surface area contributed by atoms with Crippen LogP contribution in [0.3, 0.4) is 0 Å². The molecule has 3 aliphatic rings. The molecule has 0 amide bonds. The van der Waals surface area contributed by atoms with Crippen molar-refractivity contribution in [3.63, 3.8) is 0 Å². The van der Waals surface area contributed by atoms with Gasteiger partial charge in [-0.15, -0.1) is 0 Å². The van der Waals surface area contributed by atoms with Crippen molar-refractivity contribution in [2.45, 2.75) is 37.8 Å². The molecule has 0 bridgehead atoms. The van der Waals surface area contributed by atoms with Crippen molar-refractivity contribution in [1.82, 2.24) is 19.9 Å². The number of halogens is 2. The van der Waals surface area contributed by atoms with Crippen LogP contribution < -0.4 is 9.64 Å². The summed E-state index contributed by atoms with van der Waals surface area (Å²) in [5.74, 6) is 5.01. The molecule has 11 heteroatoms. The second kappa shape index (κ2) is 11.4. The maximum absolute atomic E-state index is 16.9. The largest absolute Gasteiger partial charge is 0.508 e. The van der Waals surface area contributed by atoms with E-state index in [1.165, 1.54) is 30.3 Å². The fourth-order valence-electron chi connectivity index (χ4n) is 6.40. The Labute approximate surface area is 253 Å². The van der Waals surface area contributed by atoms with Gasteiger partial charge >= 0.3 is 6.01 Å². The van der Waals surface area contributed by atoms with Gasteiger partial charge in [-0.1, -0.05) is 12.0 Å². The van der Waals surface area contributed by atoms with Crippen molar-refractivity contribution < 1.29 is 28.1 Å². The predicted octanol–water partition coefficient (Wildman–Crippen LogP) is 4.67. The number of nitrogens with zero attached hydrogens (tertiary/aromatic N) is 5. The van der Waals surface area contributed by atoms with Gasteiger partial charge in [0, 0.05) is 24.6 Å². The van der Waals surface area contributed by atoms with E-state index in [2.05, 4.69) is 33.8 Å². The third-order valence-electron chi connectivity index (χ3n) is 8.84. The second-order valence-corrected chi connectivity index (χ2v) is 11.8. The SMILES string of the molecule is CC#Cc1nc(-c2cc(O)cc3ccc(F)cc23)c(F)c2nc(OC[C@@H]3CCCN3C)nc(N3CCOCC4(CCO4)C3)c12. The molecule has 2 aromatic heterocycles. The highest BCUT2D eigenvalue weighted by atomic mass is 19.1. The highest BCUT2D eigenvalue weighted by molar-refractivity contribution is 6.01. The van der Waals surface area contributed by atoms with Crippen LogP contribution in [0, 0.1) is 23.5 Å². The summed E-state index contributed by atoms with van der Waals surface area (Å²) in [6, 6.07) is 7.23. The van der Waals surface area contributed by atoms with Crippen molar-refractivity contribution in [2.75, 3.05) is 58.0 Å². The number of aromatic hydroxyl groups is 1. The highest BCUT2D eigenvalue weighted by Crippen LogP contribution is 2.40. The van der Waals surface area contributed by atoms with Gasteiger partial charge in [-0.25, -0.2) is 13.8 Å². The van der Waals surface area contributed by atoms with Gasteiger partial charge in [0.25, 0.3) is 0 Å². The van der Waals surface area contributed by atoms with E-state index in [1.807, 2.05) is 4.90 Å². The average molecular weight is 602 g/mol. The Morgan fingerprint density at radius 1 is 1.14 bits per heavy atom. The van der Waals surface area contributed by atoms with Crippen LogP contribution >= 0.6 is 0 Å². The van der Waals surface area contributed by atoms with Crippen LogP contribution in [0.5, 0.6) is 11.8 Å². The van der Waals surface area contributed by atoms with E-state index in [-0.39, 0.29) is 40.3 Å². The smallest absolute Gasteiger partial charge is 0.319 e. The third kappa shape index (κ3) is 5.17. The fourth-order valence-corrected chi connectivity index (χ4v) is 6.40. The Bertz CT molecular complexity index is 1820. The van der Waals surface area contributed by atoms with Crippen LogP contribution in [0.15, 0.2) is 30.3 Å². The number of hydrogen-bond acceptors (Lipinski definition) is 9. The minimum absolute atomic E-state index is 0.0193. The number of ether oxygens (including phenoxy) is 3. The highest BCUT2D eigenvalue weighted by Gasteiger charge is 2.43. The van der Waals surface area contributed by atoms with Gasteiger partial charge in [-0.2, -0.15) is 9.97 Å². The fraction of sp³-hybridized carbons (Fsp3) is 0.424. The number of fused-ring (bicyclic) bond motifs is 2. The molecule has 1 spiro atoms. The number of benzene rings is 2. The van der Waals surface area contributed by atoms with Crippen LogP contribution in [0.2, 0.25) is 0 Å². The van der Waals surface area contributed by atoms with Gasteiger partial charge in [0.2, 0.25) is 0 Å². The number of aromatic nitrogens is 3. The summed E-state index contributed by atoms with van der Waals surface area (Å²) in [5.41, 5.74) is -0.120. The lowest BCUT2D eigenvalue weighted by Crippen LogP contribution is -2.54. The Hall–Kier alpha value is -4.11. The lowest BCUT2D eigenvalue weighted by molar-refractivity contribution is -0.167. The minimum Gasteiger partial charge on any atom is -0.508 e. The van der Waals surface area contributed by atoms with Crippen molar-refractivity contribution in [3.05, 3.63) is 47.7 Å². The molecule has 4 aromatic rings. The molecule has 44 heavy (non-hydrogen) atoms.